The van der Waals surface area contributed by atoms with E-state index >= 15 is 0 Å². The molecule has 14 heavy (non-hydrogen) atoms. The molecule has 4 nitrogen and oxygen atoms in total. The van der Waals surface area contributed by atoms with Crippen molar-refractivity contribution in [1.82, 2.24) is 9.38 Å². The Labute approximate surface area is 80.8 Å². The van der Waals surface area contributed by atoms with Gasteiger partial charge in [-0.15, -0.1) is 0 Å². The molecule has 0 atom stereocenters. The number of carbonyl (C=O) groups is 1. The monoisotopic (exact) mass is 190 g/mol. The lowest BCUT2D eigenvalue weighted by Crippen LogP contribution is -2.05. The van der Waals surface area contributed by atoms with Crippen LogP contribution in [0.4, 0.5) is 0 Å². The van der Waals surface area contributed by atoms with Crippen molar-refractivity contribution >= 4 is 11.5 Å². The van der Waals surface area contributed by atoms with Gasteiger partial charge >= 0.3 is 5.97 Å². The van der Waals surface area contributed by atoms with Gasteiger partial charge < -0.3 is 5.11 Å². The minimum Gasteiger partial charge on any atom is -0.475 e. The number of rotatable bonds is 1. The van der Waals surface area contributed by atoms with Crippen LogP contribution in [0.3, 0.4) is 0 Å². The van der Waals surface area contributed by atoms with Gasteiger partial charge in [-0.25, -0.2) is 9.78 Å². The van der Waals surface area contributed by atoms with Crippen LogP contribution < -0.4 is 0 Å². The largest absolute Gasteiger partial charge is 0.475 e. The third-order valence-electron chi connectivity index (χ3n) is 2.23. The van der Waals surface area contributed by atoms with Gasteiger partial charge in [0.15, 0.2) is 0 Å². The van der Waals surface area contributed by atoms with E-state index in [0.29, 0.717) is 0 Å². The van der Waals surface area contributed by atoms with Crippen molar-refractivity contribution in [3.63, 3.8) is 0 Å². The van der Waals surface area contributed by atoms with Gasteiger partial charge in [0, 0.05) is 5.69 Å². The van der Waals surface area contributed by atoms with Crippen molar-refractivity contribution in [3.05, 3.63) is 35.4 Å². The molecule has 0 unspecified atom stereocenters. The number of aromatic nitrogens is 2. The summed E-state index contributed by atoms with van der Waals surface area (Å²) in [6.45, 7) is 3.67. The first-order chi connectivity index (χ1) is 6.61. The molecule has 2 aromatic rings. The Balaban J connectivity index is 2.93. The second kappa shape index (κ2) is 2.83. The topological polar surface area (TPSA) is 54.6 Å². The molecule has 0 aliphatic heterocycles. The lowest BCUT2D eigenvalue weighted by Gasteiger charge is -2.00. The quantitative estimate of drug-likeness (QED) is 0.743. The van der Waals surface area contributed by atoms with Crippen molar-refractivity contribution in [2.24, 2.45) is 0 Å². The average Bonchev–Trinajstić information content (AvgIpc) is 2.46. The summed E-state index contributed by atoms with van der Waals surface area (Å²) in [4.78, 5) is 14.9. The molecule has 0 aliphatic rings. The number of nitrogens with zero attached hydrogens (tertiary/aromatic N) is 2. The minimum absolute atomic E-state index is 0.0793. The zero-order chi connectivity index (χ0) is 10.3. The number of fused-ring (bicyclic) bond motifs is 1. The summed E-state index contributed by atoms with van der Waals surface area (Å²) < 4.78 is 1.65. The highest BCUT2D eigenvalue weighted by atomic mass is 16.4. The highest BCUT2D eigenvalue weighted by Crippen LogP contribution is 2.14. The van der Waals surface area contributed by atoms with Crippen LogP contribution >= 0.6 is 0 Å². The van der Waals surface area contributed by atoms with Crippen LogP contribution in [0.2, 0.25) is 0 Å². The van der Waals surface area contributed by atoms with Crippen LogP contribution in [0.25, 0.3) is 5.52 Å². The van der Waals surface area contributed by atoms with Crippen molar-refractivity contribution in [1.29, 1.82) is 0 Å². The van der Waals surface area contributed by atoms with Crippen LogP contribution in [0.15, 0.2) is 18.2 Å². The van der Waals surface area contributed by atoms with Crippen molar-refractivity contribution < 1.29 is 9.90 Å². The van der Waals surface area contributed by atoms with E-state index in [-0.39, 0.29) is 5.82 Å². The standard InChI is InChI=1S/C10H10N2O2/c1-6-4-3-5-8-7(2)11-9(10(13)14)12(6)8/h3-5H,1-2H3,(H,13,14). The van der Waals surface area contributed by atoms with E-state index in [9.17, 15) is 4.79 Å². The van der Waals surface area contributed by atoms with Gasteiger partial charge in [0.2, 0.25) is 5.82 Å². The van der Waals surface area contributed by atoms with E-state index in [2.05, 4.69) is 4.98 Å². The maximum absolute atomic E-state index is 10.9. The molecule has 2 rings (SSSR count). The smallest absolute Gasteiger partial charge is 0.372 e. The second-order valence-corrected chi connectivity index (χ2v) is 3.21. The zero-order valence-corrected chi connectivity index (χ0v) is 7.98. The van der Waals surface area contributed by atoms with E-state index in [1.807, 2.05) is 25.1 Å². The molecule has 2 aromatic heterocycles. The maximum Gasteiger partial charge on any atom is 0.372 e. The molecule has 2 heterocycles. The number of carboxylic acid groups (broad SMARTS) is 1. The highest BCUT2D eigenvalue weighted by molar-refractivity contribution is 5.85. The number of hydrogen-bond donors (Lipinski definition) is 1. The first-order valence-electron chi connectivity index (χ1n) is 4.29. The van der Waals surface area contributed by atoms with E-state index in [0.717, 1.165) is 16.9 Å². The minimum atomic E-state index is -0.998. The third-order valence-corrected chi connectivity index (χ3v) is 2.23. The normalized spacial score (nSPS) is 10.7. The fourth-order valence-corrected chi connectivity index (χ4v) is 1.59. The van der Waals surface area contributed by atoms with Gasteiger partial charge in [0.25, 0.3) is 0 Å². The molecule has 0 bridgehead atoms. The van der Waals surface area contributed by atoms with Gasteiger partial charge in [-0.2, -0.15) is 0 Å². The molecule has 0 spiro atoms. The van der Waals surface area contributed by atoms with Gasteiger partial charge in [0.05, 0.1) is 11.2 Å². The molecule has 0 aromatic carbocycles. The Morgan fingerprint density at radius 3 is 2.79 bits per heavy atom. The molecule has 1 N–H and O–H groups in total. The Bertz CT molecular complexity index is 514. The van der Waals surface area contributed by atoms with Crippen LogP contribution in [0, 0.1) is 13.8 Å². The predicted molar refractivity (Wildman–Crippen MR) is 51.6 cm³/mol. The fourth-order valence-electron chi connectivity index (χ4n) is 1.59. The lowest BCUT2D eigenvalue weighted by molar-refractivity contribution is 0.0682. The van der Waals surface area contributed by atoms with Crippen LogP contribution in [-0.2, 0) is 0 Å². The molecule has 72 valence electrons. The molecule has 0 aliphatic carbocycles. The first kappa shape index (κ1) is 8.74. The summed E-state index contributed by atoms with van der Waals surface area (Å²) in [5.41, 5.74) is 2.47. The van der Waals surface area contributed by atoms with Crippen molar-refractivity contribution in [2.75, 3.05) is 0 Å². The predicted octanol–water partition coefficient (Wildman–Crippen LogP) is 1.65. The summed E-state index contributed by atoms with van der Waals surface area (Å²) in [7, 11) is 0. The van der Waals surface area contributed by atoms with Crippen LogP contribution in [-0.4, -0.2) is 20.5 Å². The molecular formula is C10H10N2O2. The van der Waals surface area contributed by atoms with Crippen LogP contribution in [0.5, 0.6) is 0 Å². The molecule has 0 fully saturated rings. The fraction of sp³-hybridized carbons (Fsp3) is 0.200. The zero-order valence-electron chi connectivity index (χ0n) is 7.98. The molecule has 0 saturated heterocycles. The lowest BCUT2D eigenvalue weighted by atomic mass is 10.3. The average molecular weight is 190 g/mol. The maximum atomic E-state index is 10.9. The Morgan fingerprint density at radius 1 is 1.43 bits per heavy atom. The first-order valence-corrected chi connectivity index (χ1v) is 4.29. The summed E-state index contributed by atoms with van der Waals surface area (Å²) in [5, 5.41) is 8.94. The van der Waals surface area contributed by atoms with E-state index < -0.39 is 5.97 Å². The Kier molecular flexibility index (Phi) is 1.77. The second-order valence-electron chi connectivity index (χ2n) is 3.21. The van der Waals surface area contributed by atoms with E-state index in [4.69, 9.17) is 5.11 Å². The molecular weight excluding hydrogens is 180 g/mol. The summed E-state index contributed by atoms with van der Waals surface area (Å²) in [5.74, 6) is -0.919. The number of aryl methyl sites for hydroxylation is 2. The summed E-state index contributed by atoms with van der Waals surface area (Å²) in [6, 6.07) is 5.62. The Hall–Kier alpha value is -1.84. The molecule has 4 heteroatoms. The van der Waals surface area contributed by atoms with E-state index in [1.165, 1.54) is 0 Å². The number of carboxylic acids is 1. The summed E-state index contributed by atoms with van der Waals surface area (Å²) >= 11 is 0. The van der Waals surface area contributed by atoms with Gasteiger partial charge in [-0.3, -0.25) is 4.40 Å². The van der Waals surface area contributed by atoms with Crippen LogP contribution in [0.1, 0.15) is 22.0 Å². The molecule has 0 amide bonds. The highest BCUT2D eigenvalue weighted by Gasteiger charge is 2.14. The molecule has 0 saturated carbocycles. The Morgan fingerprint density at radius 2 is 2.14 bits per heavy atom. The van der Waals surface area contributed by atoms with Gasteiger partial charge in [-0.05, 0) is 26.0 Å². The van der Waals surface area contributed by atoms with Gasteiger partial charge in [0.1, 0.15) is 0 Å². The van der Waals surface area contributed by atoms with Crippen molar-refractivity contribution in [2.45, 2.75) is 13.8 Å². The molecule has 0 radical (unpaired) electrons. The number of imidazole rings is 1. The van der Waals surface area contributed by atoms with Crippen molar-refractivity contribution in [3.8, 4) is 0 Å². The summed E-state index contributed by atoms with van der Waals surface area (Å²) in [6.07, 6.45) is 0. The number of hydrogen-bond acceptors (Lipinski definition) is 2. The third kappa shape index (κ3) is 1.08. The SMILES string of the molecule is Cc1nc(C(=O)O)n2c(C)cccc12. The van der Waals surface area contributed by atoms with E-state index in [1.54, 1.807) is 11.3 Å². The number of aromatic carboxylic acids is 1. The number of pyridine rings is 1. The van der Waals surface area contributed by atoms with Gasteiger partial charge in [-0.1, -0.05) is 6.07 Å².